The zero-order valence-corrected chi connectivity index (χ0v) is 16.8. The van der Waals surface area contributed by atoms with Crippen molar-refractivity contribution in [3.63, 3.8) is 0 Å². The zero-order chi connectivity index (χ0) is 19.5. The molecule has 0 aliphatic rings. The first kappa shape index (κ1) is 17.8. The molecule has 0 saturated heterocycles. The number of fused-ring (bicyclic) bond motifs is 1. The predicted molar refractivity (Wildman–Crippen MR) is 119 cm³/mol. The molecule has 0 aliphatic carbocycles. The van der Waals surface area contributed by atoms with Gasteiger partial charge in [-0.2, -0.15) is 0 Å². The quantitative estimate of drug-likeness (QED) is 0.368. The topological polar surface area (TPSA) is 30.7 Å². The first-order valence-corrected chi connectivity index (χ1v) is 10.7. The number of benzene rings is 3. The minimum Gasteiger partial charge on any atom is -0.233 e. The van der Waals surface area contributed by atoms with Crippen molar-refractivity contribution in [1.29, 1.82) is 0 Å². The Labute approximate surface area is 174 Å². The molecule has 5 rings (SSSR count). The van der Waals surface area contributed by atoms with Gasteiger partial charge in [0.2, 0.25) is 0 Å². The molecule has 0 aliphatic heterocycles. The van der Waals surface area contributed by atoms with Crippen LogP contribution in [0.3, 0.4) is 0 Å². The lowest BCUT2D eigenvalue weighted by Crippen LogP contribution is -2.40. The summed E-state index contributed by atoms with van der Waals surface area (Å²) in [5, 5.41) is 11.3. The summed E-state index contributed by atoms with van der Waals surface area (Å²) >= 11 is 1.79. The summed E-state index contributed by atoms with van der Waals surface area (Å²) in [7, 11) is 0. The maximum Gasteiger partial charge on any atom is 0.113 e. The van der Waals surface area contributed by atoms with Crippen LogP contribution < -0.4 is 0 Å². The highest BCUT2D eigenvalue weighted by atomic mass is 32.1. The maximum absolute atomic E-state index is 4.69. The Morgan fingerprint density at radius 1 is 0.690 bits per heavy atom. The Morgan fingerprint density at radius 3 is 1.93 bits per heavy atom. The molecule has 0 fully saturated rings. The van der Waals surface area contributed by atoms with Crippen LogP contribution >= 0.6 is 11.3 Å². The van der Waals surface area contributed by atoms with Crippen molar-refractivity contribution in [2.45, 2.75) is 18.4 Å². The van der Waals surface area contributed by atoms with Crippen LogP contribution in [0, 0.1) is 0 Å². The summed E-state index contributed by atoms with van der Waals surface area (Å²) in [6, 6.07) is 34.0. The summed E-state index contributed by atoms with van der Waals surface area (Å²) in [6.45, 7) is 0. The van der Waals surface area contributed by atoms with Crippen LogP contribution in [0.2, 0.25) is 0 Å². The number of para-hydroxylation sites is 1. The molecule has 0 radical (unpaired) electrons. The van der Waals surface area contributed by atoms with E-state index in [1.54, 1.807) is 11.3 Å². The first-order chi connectivity index (χ1) is 14.4. The van der Waals surface area contributed by atoms with E-state index in [0.29, 0.717) is 0 Å². The van der Waals surface area contributed by atoms with E-state index in [-0.39, 0.29) is 5.54 Å². The average Bonchev–Trinajstić information content (AvgIpc) is 3.46. The number of aromatic nitrogens is 3. The predicted octanol–water partition coefficient (Wildman–Crippen LogP) is 5.72. The van der Waals surface area contributed by atoms with Crippen LogP contribution in [0.25, 0.3) is 11.0 Å². The lowest BCUT2D eigenvalue weighted by Gasteiger charge is -2.34. The highest BCUT2D eigenvalue weighted by molar-refractivity contribution is 7.10. The van der Waals surface area contributed by atoms with Crippen molar-refractivity contribution in [2.24, 2.45) is 0 Å². The Morgan fingerprint density at radius 2 is 1.31 bits per heavy atom. The second-order valence-electron chi connectivity index (χ2n) is 7.32. The maximum atomic E-state index is 4.69. The molecule has 0 amide bonds. The van der Waals surface area contributed by atoms with E-state index in [4.69, 9.17) is 0 Å². The van der Waals surface area contributed by atoms with Crippen LogP contribution in [-0.4, -0.2) is 15.0 Å². The summed E-state index contributed by atoms with van der Waals surface area (Å²) in [4.78, 5) is 1.29. The van der Waals surface area contributed by atoms with Gasteiger partial charge in [0.15, 0.2) is 0 Å². The van der Waals surface area contributed by atoms with Crippen molar-refractivity contribution < 1.29 is 0 Å². The smallest absolute Gasteiger partial charge is 0.113 e. The average molecular weight is 396 g/mol. The van der Waals surface area contributed by atoms with Gasteiger partial charge in [0.25, 0.3) is 0 Å². The van der Waals surface area contributed by atoms with Gasteiger partial charge in [-0.1, -0.05) is 84.1 Å². The van der Waals surface area contributed by atoms with Crippen LogP contribution in [0.4, 0.5) is 0 Å². The van der Waals surface area contributed by atoms with Crippen LogP contribution in [0.5, 0.6) is 0 Å². The molecular formula is C25H21N3S. The van der Waals surface area contributed by atoms with E-state index in [9.17, 15) is 0 Å². The van der Waals surface area contributed by atoms with Gasteiger partial charge in [-0.25, -0.2) is 4.68 Å². The number of hydrogen-bond acceptors (Lipinski definition) is 3. The lowest BCUT2D eigenvalue weighted by atomic mass is 9.83. The molecule has 0 atom stereocenters. The van der Waals surface area contributed by atoms with E-state index in [2.05, 4.69) is 105 Å². The lowest BCUT2D eigenvalue weighted by molar-refractivity contribution is 0.323. The number of nitrogens with zero attached hydrogens (tertiary/aromatic N) is 3. The largest absolute Gasteiger partial charge is 0.233 e. The van der Waals surface area contributed by atoms with Gasteiger partial charge in [0.05, 0.1) is 5.52 Å². The Bertz CT molecular complexity index is 1150. The van der Waals surface area contributed by atoms with E-state index >= 15 is 0 Å². The molecule has 2 heterocycles. The van der Waals surface area contributed by atoms with Crippen molar-refractivity contribution in [3.8, 4) is 0 Å². The standard InChI is InChI=1S/C25H21N3S/c1-3-10-20(11-4-1)18-25(24-16-9-17-29-24,19-21-12-5-2-6-13-21)28-23-15-8-7-14-22(23)26-27-28/h1-17H,18-19H2. The fourth-order valence-electron chi connectivity index (χ4n) is 4.09. The molecule has 4 heteroatoms. The first-order valence-electron chi connectivity index (χ1n) is 9.78. The molecule has 5 aromatic rings. The van der Waals surface area contributed by atoms with Crippen molar-refractivity contribution >= 4 is 22.4 Å². The van der Waals surface area contributed by atoms with Gasteiger partial charge in [-0.15, -0.1) is 16.4 Å². The molecule has 0 saturated carbocycles. The van der Waals surface area contributed by atoms with E-state index < -0.39 is 0 Å². The SMILES string of the molecule is c1ccc(CC(Cc2ccccc2)(c2cccs2)n2nnc3ccccc32)cc1. The Kier molecular flexibility index (Phi) is 4.70. The molecule has 0 bridgehead atoms. The molecule has 0 spiro atoms. The third-order valence-electron chi connectivity index (χ3n) is 5.42. The minimum atomic E-state index is -0.354. The van der Waals surface area contributed by atoms with E-state index in [1.807, 2.05) is 12.1 Å². The van der Waals surface area contributed by atoms with Crippen molar-refractivity contribution in [1.82, 2.24) is 15.0 Å². The summed E-state index contributed by atoms with van der Waals surface area (Å²) < 4.78 is 2.15. The normalized spacial score (nSPS) is 11.7. The minimum absolute atomic E-state index is 0.354. The fraction of sp³-hybridized carbons (Fsp3) is 0.120. The van der Waals surface area contributed by atoms with Crippen LogP contribution in [-0.2, 0) is 18.4 Å². The Hall–Kier alpha value is -3.24. The zero-order valence-electron chi connectivity index (χ0n) is 16.0. The molecule has 0 N–H and O–H groups in total. The highest BCUT2D eigenvalue weighted by Gasteiger charge is 2.38. The third kappa shape index (κ3) is 3.36. The molecule has 3 nitrogen and oxygen atoms in total. The Balaban J connectivity index is 1.76. The molecular weight excluding hydrogens is 374 g/mol. The molecule has 142 valence electrons. The molecule has 29 heavy (non-hydrogen) atoms. The summed E-state index contributed by atoms with van der Waals surface area (Å²) in [6.07, 6.45) is 1.69. The third-order valence-corrected chi connectivity index (χ3v) is 6.48. The van der Waals surface area contributed by atoms with Crippen molar-refractivity contribution in [2.75, 3.05) is 0 Å². The van der Waals surface area contributed by atoms with Gasteiger partial charge < -0.3 is 0 Å². The van der Waals surface area contributed by atoms with Gasteiger partial charge in [0, 0.05) is 17.7 Å². The number of rotatable bonds is 6. The molecule has 3 aromatic carbocycles. The highest BCUT2D eigenvalue weighted by Crippen LogP contribution is 2.38. The van der Waals surface area contributed by atoms with Crippen LogP contribution in [0.1, 0.15) is 16.0 Å². The van der Waals surface area contributed by atoms with Gasteiger partial charge in [-0.3, -0.25) is 0 Å². The number of hydrogen-bond donors (Lipinski definition) is 0. The summed E-state index contributed by atoms with van der Waals surface area (Å²) in [5.74, 6) is 0. The van der Waals surface area contributed by atoms with E-state index in [0.717, 1.165) is 23.9 Å². The van der Waals surface area contributed by atoms with Gasteiger partial charge in [0.1, 0.15) is 11.1 Å². The van der Waals surface area contributed by atoms with E-state index in [1.165, 1.54) is 16.0 Å². The van der Waals surface area contributed by atoms with Crippen LogP contribution in [0.15, 0.2) is 102 Å². The molecule has 2 aromatic heterocycles. The second-order valence-corrected chi connectivity index (χ2v) is 8.27. The van der Waals surface area contributed by atoms with Gasteiger partial charge in [-0.05, 0) is 34.7 Å². The van der Waals surface area contributed by atoms with Crippen molar-refractivity contribution in [3.05, 3.63) is 118 Å². The summed E-state index contributed by atoms with van der Waals surface area (Å²) in [5.41, 5.74) is 4.21. The second kappa shape index (κ2) is 7.64. The molecule has 0 unspecified atom stereocenters. The van der Waals surface area contributed by atoms with Gasteiger partial charge >= 0.3 is 0 Å². The number of thiophene rings is 1. The fourth-order valence-corrected chi connectivity index (χ4v) is 5.00. The monoisotopic (exact) mass is 395 g/mol.